The van der Waals surface area contributed by atoms with Crippen molar-refractivity contribution < 1.29 is 4.79 Å². The van der Waals surface area contributed by atoms with Crippen LogP contribution in [0.25, 0.3) is 5.69 Å². The molecule has 0 spiro atoms. The standard InChI is InChI=1S/C21H20ClN3O/c22-18-5-3-17(4-6-18)21(26)25-15-13-24(14-16-25)20-9-7-19(8-10-20)23-11-1-2-12-23/h1-12H,13-16H2. The third-order valence-electron chi connectivity index (χ3n) is 4.78. The van der Waals surface area contributed by atoms with Crippen LogP contribution >= 0.6 is 11.6 Å². The number of carbonyl (C=O) groups is 1. The first-order chi connectivity index (χ1) is 12.7. The first-order valence-corrected chi connectivity index (χ1v) is 9.12. The number of benzene rings is 2. The molecular weight excluding hydrogens is 346 g/mol. The van der Waals surface area contributed by atoms with Crippen molar-refractivity contribution in [2.45, 2.75) is 0 Å². The first-order valence-electron chi connectivity index (χ1n) is 8.74. The zero-order valence-corrected chi connectivity index (χ0v) is 15.1. The van der Waals surface area contributed by atoms with Crippen LogP contribution in [-0.2, 0) is 0 Å². The van der Waals surface area contributed by atoms with Crippen LogP contribution in [-0.4, -0.2) is 41.6 Å². The summed E-state index contributed by atoms with van der Waals surface area (Å²) in [4.78, 5) is 16.8. The van der Waals surface area contributed by atoms with E-state index >= 15 is 0 Å². The fourth-order valence-corrected chi connectivity index (χ4v) is 3.41. The van der Waals surface area contributed by atoms with Gasteiger partial charge in [-0.1, -0.05) is 11.6 Å². The Bertz CT molecular complexity index is 865. The first kappa shape index (κ1) is 16.7. The van der Waals surface area contributed by atoms with E-state index in [1.807, 2.05) is 29.4 Å². The Morgan fingerprint density at radius 2 is 1.35 bits per heavy atom. The van der Waals surface area contributed by atoms with Crippen molar-refractivity contribution in [1.29, 1.82) is 0 Å². The molecule has 0 bridgehead atoms. The molecule has 4 nitrogen and oxygen atoms in total. The minimum atomic E-state index is 0.0734. The quantitative estimate of drug-likeness (QED) is 0.699. The summed E-state index contributed by atoms with van der Waals surface area (Å²) < 4.78 is 2.09. The molecule has 0 unspecified atom stereocenters. The van der Waals surface area contributed by atoms with Gasteiger partial charge >= 0.3 is 0 Å². The largest absolute Gasteiger partial charge is 0.368 e. The molecule has 0 aliphatic carbocycles. The molecule has 4 rings (SSSR count). The Hall–Kier alpha value is -2.72. The lowest BCUT2D eigenvalue weighted by Crippen LogP contribution is -2.48. The second-order valence-electron chi connectivity index (χ2n) is 6.39. The second-order valence-corrected chi connectivity index (χ2v) is 6.83. The molecule has 0 N–H and O–H groups in total. The van der Waals surface area contributed by atoms with Gasteiger partial charge in [-0.05, 0) is 60.7 Å². The number of hydrogen-bond acceptors (Lipinski definition) is 2. The van der Waals surface area contributed by atoms with E-state index in [9.17, 15) is 4.79 Å². The van der Waals surface area contributed by atoms with Crippen LogP contribution in [0.15, 0.2) is 73.1 Å². The number of nitrogens with zero attached hydrogens (tertiary/aromatic N) is 3. The molecule has 26 heavy (non-hydrogen) atoms. The van der Waals surface area contributed by atoms with E-state index < -0.39 is 0 Å². The molecule has 2 aromatic carbocycles. The van der Waals surface area contributed by atoms with Crippen LogP contribution in [0, 0.1) is 0 Å². The molecule has 5 heteroatoms. The number of aromatic nitrogens is 1. The molecule has 1 amide bonds. The Morgan fingerprint density at radius 3 is 1.96 bits per heavy atom. The normalized spacial score (nSPS) is 14.5. The van der Waals surface area contributed by atoms with Gasteiger partial charge in [-0.25, -0.2) is 0 Å². The lowest BCUT2D eigenvalue weighted by atomic mass is 10.1. The Kier molecular flexibility index (Phi) is 4.67. The molecule has 0 radical (unpaired) electrons. The fourth-order valence-electron chi connectivity index (χ4n) is 3.29. The van der Waals surface area contributed by atoms with E-state index in [4.69, 9.17) is 11.6 Å². The van der Waals surface area contributed by atoms with Crippen LogP contribution in [0.5, 0.6) is 0 Å². The van der Waals surface area contributed by atoms with Crippen LogP contribution in [0.1, 0.15) is 10.4 Å². The van der Waals surface area contributed by atoms with Gasteiger partial charge in [0.15, 0.2) is 0 Å². The number of rotatable bonds is 3. The van der Waals surface area contributed by atoms with E-state index in [0.717, 1.165) is 31.9 Å². The van der Waals surface area contributed by atoms with E-state index in [-0.39, 0.29) is 5.91 Å². The number of hydrogen-bond donors (Lipinski definition) is 0. The summed E-state index contributed by atoms with van der Waals surface area (Å²) in [5.74, 6) is 0.0734. The van der Waals surface area contributed by atoms with Gasteiger partial charge < -0.3 is 14.4 Å². The van der Waals surface area contributed by atoms with Crippen LogP contribution in [0.4, 0.5) is 5.69 Å². The molecule has 1 fully saturated rings. The summed E-state index contributed by atoms with van der Waals surface area (Å²) in [6, 6.07) is 19.7. The SMILES string of the molecule is O=C(c1ccc(Cl)cc1)N1CCN(c2ccc(-n3cccc3)cc2)CC1. The number of piperazine rings is 1. The number of halogens is 1. The monoisotopic (exact) mass is 365 g/mol. The van der Waals surface area contributed by atoms with Crippen LogP contribution in [0.3, 0.4) is 0 Å². The molecule has 3 aromatic rings. The highest BCUT2D eigenvalue weighted by Gasteiger charge is 2.22. The van der Waals surface area contributed by atoms with Crippen molar-refractivity contribution in [3.05, 3.63) is 83.6 Å². The van der Waals surface area contributed by atoms with Crippen LogP contribution in [0.2, 0.25) is 5.02 Å². The van der Waals surface area contributed by atoms with Crippen molar-refractivity contribution in [1.82, 2.24) is 9.47 Å². The van der Waals surface area contributed by atoms with Gasteiger partial charge in [0.2, 0.25) is 0 Å². The van der Waals surface area contributed by atoms with E-state index in [2.05, 4.69) is 33.7 Å². The van der Waals surface area contributed by atoms with E-state index in [1.165, 1.54) is 5.69 Å². The third-order valence-corrected chi connectivity index (χ3v) is 5.03. The maximum atomic E-state index is 12.6. The van der Waals surface area contributed by atoms with Gasteiger partial charge in [0.1, 0.15) is 0 Å². The highest BCUT2D eigenvalue weighted by molar-refractivity contribution is 6.30. The molecule has 0 atom stereocenters. The van der Waals surface area contributed by atoms with Crippen molar-refractivity contribution in [2.24, 2.45) is 0 Å². The van der Waals surface area contributed by atoms with E-state index in [1.54, 1.807) is 24.3 Å². The van der Waals surface area contributed by atoms with Gasteiger partial charge in [0.05, 0.1) is 0 Å². The highest BCUT2D eigenvalue weighted by atomic mass is 35.5. The summed E-state index contributed by atoms with van der Waals surface area (Å²) in [6.07, 6.45) is 4.08. The maximum Gasteiger partial charge on any atom is 0.253 e. The zero-order chi connectivity index (χ0) is 17.9. The minimum Gasteiger partial charge on any atom is -0.368 e. The summed E-state index contributed by atoms with van der Waals surface area (Å²) in [6.45, 7) is 3.12. The molecule has 0 saturated carbocycles. The minimum absolute atomic E-state index is 0.0734. The number of carbonyl (C=O) groups excluding carboxylic acids is 1. The lowest BCUT2D eigenvalue weighted by molar-refractivity contribution is 0.0747. The maximum absolute atomic E-state index is 12.6. The van der Waals surface area contributed by atoms with Gasteiger partial charge in [-0.3, -0.25) is 4.79 Å². The Labute approximate surface area is 158 Å². The summed E-state index contributed by atoms with van der Waals surface area (Å²) in [5.41, 5.74) is 3.04. The zero-order valence-electron chi connectivity index (χ0n) is 14.4. The molecule has 2 heterocycles. The average molecular weight is 366 g/mol. The van der Waals surface area contributed by atoms with E-state index in [0.29, 0.717) is 10.6 Å². The molecule has 1 aliphatic heterocycles. The molecule has 132 valence electrons. The Morgan fingerprint density at radius 1 is 0.769 bits per heavy atom. The average Bonchev–Trinajstić information content (AvgIpc) is 3.23. The predicted molar refractivity (Wildman–Crippen MR) is 105 cm³/mol. The molecular formula is C21H20ClN3O. The summed E-state index contributed by atoms with van der Waals surface area (Å²) in [7, 11) is 0. The molecule has 1 saturated heterocycles. The van der Waals surface area contributed by atoms with Crippen molar-refractivity contribution in [2.75, 3.05) is 31.1 Å². The van der Waals surface area contributed by atoms with Crippen molar-refractivity contribution >= 4 is 23.2 Å². The molecule has 1 aromatic heterocycles. The predicted octanol–water partition coefficient (Wildman–Crippen LogP) is 4.09. The number of anilines is 1. The lowest BCUT2D eigenvalue weighted by Gasteiger charge is -2.36. The number of amides is 1. The van der Waals surface area contributed by atoms with Gasteiger partial charge in [0, 0.05) is 60.5 Å². The topological polar surface area (TPSA) is 28.5 Å². The highest BCUT2D eigenvalue weighted by Crippen LogP contribution is 2.20. The van der Waals surface area contributed by atoms with Gasteiger partial charge in [-0.15, -0.1) is 0 Å². The van der Waals surface area contributed by atoms with Crippen molar-refractivity contribution in [3.8, 4) is 5.69 Å². The summed E-state index contributed by atoms with van der Waals surface area (Å²) >= 11 is 5.90. The summed E-state index contributed by atoms with van der Waals surface area (Å²) in [5, 5.41) is 0.648. The smallest absolute Gasteiger partial charge is 0.253 e. The Balaban J connectivity index is 1.39. The van der Waals surface area contributed by atoms with Gasteiger partial charge in [0.25, 0.3) is 5.91 Å². The van der Waals surface area contributed by atoms with Crippen LogP contribution < -0.4 is 4.90 Å². The van der Waals surface area contributed by atoms with Gasteiger partial charge in [-0.2, -0.15) is 0 Å². The fraction of sp³-hybridized carbons (Fsp3) is 0.190. The second kappa shape index (κ2) is 7.26. The van der Waals surface area contributed by atoms with Crippen molar-refractivity contribution in [3.63, 3.8) is 0 Å². The molecule has 1 aliphatic rings. The third kappa shape index (κ3) is 3.46.